The lowest BCUT2D eigenvalue weighted by atomic mass is 10.3. The number of carbonyl (C=O) groups excluding carboxylic acids is 2. The Morgan fingerprint density at radius 1 is 1.38 bits per heavy atom. The zero-order valence-electron chi connectivity index (χ0n) is 8.03. The van der Waals surface area contributed by atoms with Gasteiger partial charge in [-0.1, -0.05) is 6.92 Å². The first-order chi connectivity index (χ1) is 6.10. The van der Waals surface area contributed by atoms with Crippen LogP contribution in [0.4, 0.5) is 4.79 Å². The molecule has 0 N–H and O–H groups in total. The van der Waals surface area contributed by atoms with Crippen molar-refractivity contribution in [3.8, 4) is 0 Å². The fraction of sp³-hybridized carbons (Fsp3) is 0.750. The number of rotatable bonds is 4. The summed E-state index contributed by atoms with van der Waals surface area (Å²) in [6.07, 6.45) is 1.88. The predicted molar refractivity (Wildman–Crippen MR) is 50.5 cm³/mol. The summed E-state index contributed by atoms with van der Waals surface area (Å²) in [5.41, 5.74) is 0. The SMILES string of the molecule is CCCC(=O)OC(C)OC(=O)SC. The van der Waals surface area contributed by atoms with Crippen molar-refractivity contribution in [1.29, 1.82) is 0 Å². The smallest absolute Gasteiger partial charge is 0.370 e. The van der Waals surface area contributed by atoms with Gasteiger partial charge in [-0.3, -0.25) is 4.79 Å². The van der Waals surface area contributed by atoms with Crippen LogP contribution in [-0.2, 0) is 14.3 Å². The Labute approximate surface area is 82.0 Å². The lowest BCUT2D eigenvalue weighted by Crippen LogP contribution is -2.19. The molecule has 1 unspecified atom stereocenters. The summed E-state index contributed by atoms with van der Waals surface area (Å²) in [4.78, 5) is 21.6. The Morgan fingerprint density at radius 3 is 2.46 bits per heavy atom. The zero-order chi connectivity index (χ0) is 10.3. The Morgan fingerprint density at radius 2 is 2.00 bits per heavy atom. The lowest BCUT2D eigenvalue weighted by molar-refractivity contribution is -0.163. The van der Waals surface area contributed by atoms with Gasteiger partial charge in [0.2, 0.25) is 6.29 Å². The third-order valence-electron chi connectivity index (χ3n) is 1.18. The molecule has 0 aromatic heterocycles. The highest BCUT2D eigenvalue weighted by Crippen LogP contribution is 2.05. The maximum absolute atomic E-state index is 10.9. The topological polar surface area (TPSA) is 52.6 Å². The van der Waals surface area contributed by atoms with Crippen LogP contribution in [0.1, 0.15) is 26.7 Å². The second kappa shape index (κ2) is 6.77. The molecule has 0 aromatic carbocycles. The van der Waals surface area contributed by atoms with Crippen LogP contribution in [-0.4, -0.2) is 23.8 Å². The van der Waals surface area contributed by atoms with Crippen LogP contribution >= 0.6 is 11.8 Å². The minimum absolute atomic E-state index is 0.344. The van der Waals surface area contributed by atoms with Crippen molar-refractivity contribution in [2.24, 2.45) is 0 Å². The molecule has 5 heteroatoms. The molecule has 0 rings (SSSR count). The number of hydrogen-bond acceptors (Lipinski definition) is 5. The molecule has 0 saturated heterocycles. The van der Waals surface area contributed by atoms with E-state index in [1.54, 1.807) is 6.26 Å². The number of ether oxygens (including phenoxy) is 2. The summed E-state index contributed by atoms with van der Waals surface area (Å²) < 4.78 is 9.47. The van der Waals surface area contributed by atoms with E-state index < -0.39 is 11.6 Å². The van der Waals surface area contributed by atoms with E-state index in [0.717, 1.165) is 18.2 Å². The first-order valence-corrected chi connectivity index (χ1v) is 5.26. The molecule has 0 aliphatic rings. The van der Waals surface area contributed by atoms with Gasteiger partial charge < -0.3 is 9.47 Å². The number of carbonyl (C=O) groups is 2. The van der Waals surface area contributed by atoms with E-state index in [0.29, 0.717) is 6.42 Å². The minimum Gasteiger partial charge on any atom is -0.425 e. The summed E-state index contributed by atoms with van der Waals surface area (Å²) in [5, 5.41) is -0.447. The van der Waals surface area contributed by atoms with Crippen LogP contribution in [0, 0.1) is 0 Å². The van der Waals surface area contributed by atoms with E-state index in [1.807, 2.05) is 6.92 Å². The fourth-order valence-electron chi connectivity index (χ4n) is 0.656. The molecule has 0 aromatic rings. The molecule has 0 heterocycles. The largest absolute Gasteiger partial charge is 0.425 e. The summed E-state index contributed by atoms with van der Waals surface area (Å²) >= 11 is 0.941. The van der Waals surface area contributed by atoms with Gasteiger partial charge in [0.05, 0.1) is 0 Å². The van der Waals surface area contributed by atoms with E-state index in [4.69, 9.17) is 9.47 Å². The van der Waals surface area contributed by atoms with Gasteiger partial charge in [-0.05, 0) is 24.4 Å². The van der Waals surface area contributed by atoms with Gasteiger partial charge >= 0.3 is 11.3 Å². The van der Waals surface area contributed by atoms with E-state index in [2.05, 4.69) is 0 Å². The van der Waals surface area contributed by atoms with Crippen LogP contribution < -0.4 is 0 Å². The van der Waals surface area contributed by atoms with Gasteiger partial charge in [-0.2, -0.15) is 0 Å². The molecule has 0 fully saturated rings. The Kier molecular flexibility index (Phi) is 6.40. The van der Waals surface area contributed by atoms with Crippen molar-refractivity contribution >= 4 is 23.0 Å². The summed E-state index contributed by atoms with van der Waals surface area (Å²) in [6.45, 7) is 3.39. The zero-order valence-corrected chi connectivity index (χ0v) is 8.85. The highest BCUT2D eigenvalue weighted by Gasteiger charge is 2.12. The molecule has 1 atom stereocenters. The molecule has 0 aliphatic carbocycles. The average molecular weight is 206 g/mol. The maximum atomic E-state index is 10.9. The van der Waals surface area contributed by atoms with Crippen LogP contribution in [0.15, 0.2) is 0 Å². The van der Waals surface area contributed by atoms with Crippen molar-refractivity contribution < 1.29 is 19.1 Å². The van der Waals surface area contributed by atoms with E-state index >= 15 is 0 Å². The monoisotopic (exact) mass is 206 g/mol. The van der Waals surface area contributed by atoms with Gasteiger partial charge in [0.1, 0.15) is 0 Å². The molecule has 0 saturated carbocycles. The number of esters is 1. The molecule has 0 radical (unpaired) electrons. The Hall–Kier alpha value is -0.710. The van der Waals surface area contributed by atoms with E-state index in [9.17, 15) is 9.59 Å². The molecule has 0 bridgehead atoms. The van der Waals surface area contributed by atoms with Crippen molar-refractivity contribution in [1.82, 2.24) is 0 Å². The summed E-state index contributed by atoms with van der Waals surface area (Å²) in [6, 6.07) is 0. The van der Waals surface area contributed by atoms with E-state index in [1.165, 1.54) is 6.92 Å². The van der Waals surface area contributed by atoms with Crippen molar-refractivity contribution in [3.05, 3.63) is 0 Å². The maximum Gasteiger partial charge on any atom is 0.370 e. The molecule has 0 amide bonds. The van der Waals surface area contributed by atoms with Gasteiger partial charge in [0.25, 0.3) is 0 Å². The van der Waals surface area contributed by atoms with Gasteiger partial charge in [0.15, 0.2) is 0 Å². The lowest BCUT2D eigenvalue weighted by Gasteiger charge is -2.12. The fourth-order valence-corrected chi connectivity index (χ4v) is 0.888. The molecule has 4 nitrogen and oxygen atoms in total. The number of hydrogen-bond donors (Lipinski definition) is 0. The third-order valence-corrected chi connectivity index (χ3v) is 1.61. The average Bonchev–Trinajstić information content (AvgIpc) is 2.04. The molecular formula is C8H14O4S. The molecule has 0 aliphatic heterocycles. The molecular weight excluding hydrogens is 192 g/mol. The van der Waals surface area contributed by atoms with Crippen LogP contribution in [0.3, 0.4) is 0 Å². The van der Waals surface area contributed by atoms with Crippen molar-refractivity contribution in [2.45, 2.75) is 33.0 Å². The van der Waals surface area contributed by atoms with Crippen LogP contribution in [0.2, 0.25) is 0 Å². The normalized spacial score (nSPS) is 11.9. The van der Waals surface area contributed by atoms with E-state index in [-0.39, 0.29) is 5.97 Å². The highest BCUT2D eigenvalue weighted by atomic mass is 32.2. The third kappa shape index (κ3) is 6.45. The standard InChI is InChI=1S/C8H14O4S/c1-4-5-7(9)11-6(2)12-8(10)13-3/h6H,4-5H2,1-3H3. The molecule has 0 spiro atoms. The summed E-state index contributed by atoms with van der Waals surface area (Å²) in [7, 11) is 0. The molecule has 13 heavy (non-hydrogen) atoms. The Bertz CT molecular complexity index is 181. The van der Waals surface area contributed by atoms with Crippen LogP contribution in [0.5, 0.6) is 0 Å². The second-order valence-electron chi connectivity index (χ2n) is 2.38. The van der Waals surface area contributed by atoms with Crippen LogP contribution in [0.25, 0.3) is 0 Å². The second-order valence-corrected chi connectivity index (χ2v) is 3.12. The quantitative estimate of drug-likeness (QED) is 0.521. The summed E-state index contributed by atoms with van der Waals surface area (Å²) in [5.74, 6) is -0.344. The van der Waals surface area contributed by atoms with Gasteiger partial charge in [-0.15, -0.1) is 0 Å². The highest BCUT2D eigenvalue weighted by molar-refractivity contribution is 8.12. The van der Waals surface area contributed by atoms with Gasteiger partial charge in [0, 0.05) is 13.3 Å². The Balaban J connectivity index is 3.67. The molecule has 76 valence electrons. The van der Waals surface area contributed by atoms with Gasteiger partial charge in [-0.25, -0.2) is 4.79 Å². The first kappa shape index (κ1) is 12.3. The predicted octanol–water partition coefficient (Wildman–Crippen LogP) is 2.18. The van der Waals surface area contributed by atoms with Crippen molar-refractivity contribution in [2.75, 3.05) is 6.26 Å². The van der Waals surface area contributed by atoms with Crippen molar-refractivity contribution in [3.63, 3.8) is 0 Å². The number of thioether (sulfide) groups is 1. The minimum atomic E-state index is -0.793. The first-order valence-electron chi connectivity index (χ1n) is 4.04.